The molecule has 1 saturated heterocycles. The molecule has 2 atom stereocenters. The molecule has 6 heteroatoms. The van der Waals surface area contributed by atoms with Crippen molar-refractivity contribution in [3.8, 4) is 0 Å². The minimum absolute atomic E-state index is 0.207. The van der Waals surface area contributed by atoms with Crippen LogP contribution in [0.25, 0.3) is 0 Å². The maximum Gasteiger partial charge on any atom is 0.159 e. The lowest BCUT2D eigenvalue weighted by Gasteiger charge is -2.27. The molecule has 1 aromatic carbocycles. The zero-order valence-corrected chi connectivity index (χ0v) is 14.3. The number of aryl methyl sites for hydroxylation is 2. The Hall–Kier alpha value is -1.79. The van der Waals surface area contributed by atoms with Gasteiger partial charge in [-0.2, -0.15) is 5.10 Å². The molecule has 0 saturated carbocycles. The van der Waals surface area contributed by atoms with Gasteiger partial charge in [-0.1, -0.05) is 6.07 Å². The molecule has 130 valence electrons. The molecule has 0 unspecified atom stereocenters. The molecule has 24 heavy (non-hydrogen) atoms. The highest BCUT2D eigenvalue weighted by Gasteiger charge is 2.31. The van der Waals surface area contributed by atoms with Crippen LogP contribution in [0.3, 0.4) is 0 Å². The van der Waals surface area contributed by atoms with Gasteiger partial charge in [0.2, 0.25) is 0 Å². The molecular formula is C18H23F2N3O. The molecule has 0 spiro atoms. The highest BCUT2D eigenvalue weighted by molar-refractivity contribution is 5.29. The van der Waals surface area contributed by atoms with Gasteiger partial charge in [0.05, 0.1) is 11.8 Å². The molecule has 1 N–H and O–H groups in total. The number of rotatable bonds is 4. The van der Waals surface area contributed by atoms with Crippen molar-refractivity contribution in [1.82, 2.24) is 14.7 Å². The molecule has 1 aromatic heterocycles. The van der Waals surface area contributed by atoms with Crippen molar-refractivity contribution in [2.45, 2.75) is 38.8 Å². The van der Waals surface area contributed by atoms with Crippen LogP contribution < -0.4 is 0 Å². The topological polar surface area (TPSA) is 41.3 Å². The predicted molar refractivity (Wildman–Crippen MR) is 87.5 cm³/mol. The zero-order valence-electron chi connectivity index (χ0n) is 14.3. The van der Waals surface area contributed by atoms with E-state index in [-0.39, 0.29) is 6.04 Å². The summed E-state index contributed by atoms with van der Waals surface area (Å²) in [5.41, 5.74) is 3.76. The number of nitrogens with zero attached hydrogens (tertiary/aromatic N) is 3. The molecule has 2 aromatic rings. The zero-order chi connectivity index (χ0) is 17.4. The van der Waals surface area contributed by atoms with E-state index in [1.807, 2.05) is 18.7 Å². The molecule has 1 aliphatic rings. The van der Waals surface area contributed by atoms with Crippen molar-refractivity contribution in [2.24, 2.45) is 7.05 Å². The van der Waals surface area contributed by atoms with Gasteiger partial charge >= 0.3 is 0 Å². The van der Waals surface area contributed by atoms with Gasteiger partial charge in [0.15, 0.2) is 11.6 Å². The van der Waals surface area contributed by atoms with Crippen molar-refractivity contribution in [3.05, 3.63) is 52.3 Å². The van der Waals surface area contributed by atoms with Crippen molar-refractivity contribution in [2.75, 3.05) is 13.1 Å². The Labute approximate surface area is 140 Å². The number of aromatic nitrogens is 2. The van der Waals surface area contributed by atoms with Crippen LogP contribution in [0, 0.1) is 25.5 Å². The number of benzene rings is 1. The van der Waals surface area contributed by atoms with Crippen LogP contribution >= 0.6 is 0 Å². The van der Waals surface area contributed by atoms with E-state index in [1.165, 1.54) is 11.6 Å². The number of likely N-dealkylation sites (tertiary alicyclic amines) is 1. The van der Waals surface area contributed by atoms with Gasteiger partial charge < -0.3 is 5.11 Å². The Kier molecular flexibility index (Phi) is 4.69. The van der Waals surface area contributed by atoms with E-state index < -0.39 is 17.7 Å². The van der Waals surface area contributed by atoms with Crippen LogP contribution in [0.2, 0.25) is 0 Å². The Balaban J connectivity index is 1.79. The Morgan fingerprint density at radius 2 is 2.04 bits per heavy atom. The number of aliphatic hydroxyl groups is 1. The van der Waals surface area contributed by atoms with Gasteiger partial charge in [-0.15, -0.1) is 0 Å². The highest BCUT2D eigenvalue weighted by atomic mass is 19.2. The number of β-amino-alcohol motifs (C(OH)–C–C–N with tert-alkyl or cyclic N) is 1. The van der Waals surface area contributed by atoms with Crippen LogP contribution in [0.4, 0.5) is 8.78 Å². The second kappa shape index (κ2) is 6.61. The summed E-state index contributed by atoms with van der Waals surface area (Å²) in [6.45, 7) is 5.32. The molecule has 0 radical (unpaired) electrons. The highest BCUT2D eigenvalue weighted by Crippen LogP contribution is 2.36. The summed E-state index contributed by atoms with van der Waals surface area (Å²) in [6, 6.07) is 3.78. The first-order valence-electron chi connectivity index (χ1n) is 8.25. The molecule has 2 heterocycles. The van der Waals surface area contributed by atoms with Crippen LogP contribution in [-0.2, 0) is 7.05 Å². The fraction of sp³-hybridized carbons (Fsp3) is 0.500. The van der Waals surface area contributed by atoms with E-state index >= 15 is 0 Å². The van der Waals surface area contributed by atoms with Crippen molar-refractivity contribution in [1.29, 1.82) is 0 Å². The molecule has 1 aliphatic heterocycles. The third kappa shape index (κ3) is 3.08. The lowest BCUT2D eigenvalue weighted by Crippen LogP contribution is -2.29. The Morgan fingerprint density at radius 1 is 1.29 bits per heavy atom. The van der Waals surface area contributed by atoms with Crippen molar-refractivity contribution in [3.63, 3.8) is 0 Å². The van der Waals surface area contributed by atoms with Crippen LogP contribution in [0.5, 0.6) is 0 Å². The van der Waals surface area contributed by atoms with E-state index in [4.69, 9.17) is 0 Å². The van der Waals surface area contributed by atoms with Crippen LogP contribution in [-0.4, -0.2) is 32.9 Å². The Bertz CT molecular complexity index is 744. The summed E-state index contributed by atoms with van der Waals surface area (Å²) in [5.74, 6) is -1.82. The lowest BCUT2D eigenvalue weighted by molar-refractivity contribution is 0.105. The fourth-order valence-electron chi connectivity index (χ4n) is 3.69. The third-order valence-corrected chi connectivity index (χ3v) is 5.00. The minimum atomic E-state index is -0.927. The largest absolute Gasteiger partial charge is 0.387 e. The van der Waals surface area contributed by atoms with Crippen molar-refractivity contribution >= 4 is 0 Å². The number of hydrogen-bond acceptors (Lipinski definition) is 3. The number of halogens is 2. The van der Waals surface area contributed by atoms with E-state index in [2.05, 4.69) is 16.9 Å². The summed E-state index contributed by atoms with van der Waals surface area (Å²) in [7, 11) is 1.93. The van der Waals surface area contributed by atoms with E-state index in [0.29, 0.717) is 12.1 Å². The molecule has 3 rings (SSSR count). The lowest BCUT2D eigenvalue weighted by atomic mass is 10.0. The standard InChI is InChI=1S/C18H23F2N3O/c1-11-18(12(2)22(3)21-11)16-5-4-8-23(16)10-17(24)13-6-7-14(19)15(20)9-13/h6-7,9,16-17,24H,4-5,8,10H2,1-3H3/t16-,17+/m1/s1. The normalized spacial score (nSPS) is 19.8. The number of hydrogen-bond donors (Lipinski definition) is 1. The van der Waals surface area contributed by atoms with Gasteiger partial charge in [-0.05, 0) is 50.9 Å². The van der Waals surface area contributed by atoms with E-state index in [1.54, 1.807) is 0 Å². The van der Waals surface area contributed by atoms with Gasteiger partial charge in [0.25, 0.3) is 0 Å². The van der Waals surface area contributed by atoms with Gasteiger partial charge in [-0.3, -0.25) is 9.58 Å². The molecular weight excluding hydrogens is 312 g/mol. The minimum Gasteiger partial charge on any atom is -0.387 e. The maximum absolute atomic E-state index is 13.4. The van der Waals surface area contributed by atoms with Crippen molar-refractivity contribution < 1.29 is 13.9 Å². The van der Waals surface area contributed by atoms with Crippen LogP contribution in [0.1, 0.15) is 47.5 Å². The predicted octanol–water partition coefficient (Wildman–Crippen LogP) is 3.19. The van der Waals surface area contributed by atoms with Crippen LogP contribution in [0.15, 0.2) is 18.2 Å². The molecule has 1 fully saturated rings. The third-order valence-electron chi connectivity index (χ3n) is 5.00. The SMILES string of the molecule is Cc1nn(C)c(C)c1[C@H]1CCCN1C[C@H](O)c1ccc(F)c(F)c1. The summed E-state index contributed by atoms with van der Waals surface area (Å²) in [6.07, 6.45) is 1.21. The molecule has 0 bridgehead atoms. The summed E-state index contributed by atoms with van der Waals surface area (Å²) in [5, 5.41) is 14.9. The second-order valence-electron chi connectivity index (χ2n) is 6.55. The smallest absolute Gasteiger partial charge is 0.159 e. The first-order chi connectivity index (χ1) is 11.4. The molecule has 0 aliphatic carbocycles. The van der Waals surface area contributed by atoms with Gasteiger partial charge in [0.1, 0.15) is 0 Å². The van der Waals surface area contributed by atoms with E-state index in [9.17, 15) is 13.9 Å². The molecule has 0 amide bonds. The average molecular weight is 335 g/mol. The van der Waals surface area contributed by atoms with E-state index in [0.717, 1.165) is 42.9 Å². The first-order valence-corrected chi connectivity index (χ1v) is 8.25. The first kappa shape index (κ1) is 17.0. The Morgan fingerprint density at radius 3 is 2.67 bits per heavy atom. The average Bonchev–Trinajstić information content (AvgIpc) is 3.07. The van der Waals surface area contributed by atoms with Gasteiger partial charge in [-0.25, -0.2) is 8.78 Å². The summed E-state index contributed by atoms with van der Waals surface area (Å²) < 4.78 is 28.3. The fourth-order valence-corrected chi connectivity index (χ4v) is 3.69. The van der Waals surface area contributed by atoms with Gasteiger partial charge in [0, 0.05) is 30.9 Å². The summed E-state index contributed by atoms with van der Waals surface area (Å²) in [4.78, 5) is 2.21. The summed E-state index contributed by atoms with van der Waals surface area (Å²) >= 11 is 0. The monoisotopic (exact) mass is 335 g/mol. The number of aliphatic hydroxyl groups excluding tert-OH is 1. The maximum atomic E-state index is 13.4. The second-order valence-corrected chi connectivity index (χ2v) is 6.55. The molecule has 4 nitrogen and oxygen atoms in total. The quantitative estimate of drug-likeness (QED) is 0.933.